The first-order valence-corrected chi connectivity index (χ1v) is 10.9. The van der Waals surface area contributed by atoms with Crippen molar-refractivity contribution in [3.05, 3.63) is 17.5 Å². The van der Waals surface area contributed by atoms with Gasteiger partial charge >= 0.3 is 16.4 Å². The minimum atomic E-state index is -4.74. The molecule has 1 aromatic heterocycles. The Bertz CT molecular complexity index is 808. The van der Waals surface area contributed by atoms with Gasteiger partial charge in [0.15, 0.2) is 0 Å². The monoisotopic (exact) mass is 415 g/mol. The van der Waals surface area contributed by atoms with Gasteiger partial charge in [0.25, 0.3) is 0 Å². The fourth-order valence-corrected chi connectivity index (χ4v) is 4.56. The summed E-state index contributed by atoms with van der Waals surface area (Å²) in [6.07, 6.45) is 4.09. The lowest BCUT2D eigenvalue weighted by atomic mass is 9.98. The van der Waals surface area contributed by atoms with Gasteiger partial charge in [-0.05, 0) is 38.8 Å². The molecule has 2 unspecified atom stereocenters. The van der Waals surface area contributed by atoms with Crippen LogP contribution < -0.4 is 10.6 Å². The van der Waals surface area contributed by atoms with E-state index >= 15 is 0 Å². The van der Waals surface area contributed by atoms with E-state index in [9.17, 15) is 13.2 Å². The van der Waals surface area contributed by atoms with E-state index in [1.807, 2.05) is 6.07 Å². The van der Waals surface area contributed by atoms with Crippen molar-refractivity contribution in [1.29, 1.82) is 0 Å². The second-order valence-corrected chi connectivity index (χ2v) is 8.46. The Kier molecular flexibility index (Phi) is 5.56. The highest BCUT2D eigenvalue weighted by Crippen LogP contribution is 2.38. The lowest BCUT2D eigenvalue weighted by Gasteiger charge is -2.28. The first-order chi connectivity index (χ1) is 13.4. The van der Waals surface area contributed by atoms with Crippen LogP contribution >= 0.6 is 0 Å². The minimum Gasteiger partial charge on any atom is -0.361 e. The summed E-state index contributed by atoms with van der Waals surface area (Å²) in [6, 6.07) is 1.08. The van der Waals surface area contributed by atoms with Crippen LogP contribution in [0.4, 0.5) is 4.79 Å². The third-order valence-electron chi connectivity index (χ3n) is 5.56. The van der Waals surface area contributed by atoms with Gasteiger partial charge in [-0.3, -0.25) is 4.55 Å². The maximum atomic E-state index is 12.5. The van der Waals surface area contributed by atoms with Crippen molar-refractivity contribution in [2.75, 3.05) is 26.2 Å². The van der Waals surface area contributed by atoms with Crippen LogP contribution in [0.15, 0.2) is 10.6 Å². The molecule has 2 atom stereocenters. The van der Waals surface area contributed by atoms with Crippen molar-refractivity contribution in [2.24, 2.45) is 0 Å². The van der Waals surface area contributed by atoms with Crippen LogP contribution in [-0.2, 0) is 21.1 Å². The predicted octanol–water partition coefficient (Wildman–Crippen LogP) is 0.234. The highest BCUT2D eigenvalue weighted by molar-refractivity contribution is 7.80. The SMILES string of the molecule is O=C1N2CC(CCC2c2cc(CCNC3CCNCC3)on2)N1OS(=O)(=O)O. The maximum absolute atomic E-state index is 12.5. The van der Waals surface area contributed by atoms with Gasteiger partial charge in [0.05, 0.1) is 12.1 Å². The first kappa shape index (κ1) is 19.6. The Morgan fingerprint density at radius 1 is 1.32 bits per heavy atom. The van der Waals surface area contributed by atoms with Crippen molar-refractivity contribution in [3.8, 4) is 0 Å². The van der Waals surface area contributed by atoms with E-state index in [-0.39, 0.29) is 6.04 Å². The van der Waals surface area contributed by atoms with Crippen LogP contribution in [0.25, 0.3) is 0 Å². The molecule has 3 aliphatic heterocycles. The van der Waals surface area contributed by atoms with E-state index < -0.39 is 22.5 Å². The largest absolute Gasteiger partial charge is 0.418 e. The van der Waals surface area contributed by atoms with Crippen molar-refractivity contribution in [3.63, 3.8) is 0 Å². The van der Waals surface area contributed by atoms with Gasteiger partial charge in [-0.15, -0.1) is 4.28 Å². The number of aromatic nitrogens is 1. The lowest BCUT2D eigenvalue weighted by Crippen LogP contribution is -2.40. The molecule has 156 valence electrons. The molecule has 2 amide bonds. The lowest BCUT2D eigenvalue weighted by molar-refractivity contribution is -0.0317. The zero-order valence-corrected chi connectivity index (χ0v) is 16.2. The second kappa shape index (κ2) is 7.95. The fraction of sp³-hybridized carbons (Fsp3) is 0.750. The summed E-state index contributed by atoms with van der Waals surface area (Å²) >= 11 is 0. The first-order valence-electron chi connectivity index (χ1n) is 9.57. The van der Waals surface area contributed by atoms with Gasteiger partial charge in [-0.1, -0.05) is 5.16 Å². The smallest absolute Gasteiger partial charge is 0.361 e. The molecular formula is C16H25N5O6S. The summed E-state index contributed by atoms with van der Waals surface area (Å²) in [6.45, 7) is 3.19. The molecule has 28 heavy (non-hydrogen) atoms. The Labute approximate surface area is 163 Å². The van der Waals surface area contributed by atoms with E-state index in [4.69, 9.17) is 9.08 Å². The predicted molar refractivity (Wildman–Crippen MR) is 96.4 cm³/mol. The van der Waals surface area contributed by atoms with Crippen molar-refractivity contribution < 1.29 is 26.6 Å². The highest BCUT2D eigenvalue weighted by atomic mass is 32.3. The van der Waals surface area contributed by atoms with Crippen LogP contribution in [0.3, 0.4) is 0 Å². The van der Waals surface area contributed by atoms with E-state index in [2.05, 4.69) is 20.1 Å². The summed E-state index contributed by atoms with van der Waals surface area (Å²) in [4.78, 5) is 14.0. The molecule has 0 spiro atoms. The zero-order chi connectivity index (χ0) is 19.7. The number of nitrogens with zero attached hydrogens (tertiary/aromatic N) is 3. The highest BCUT2D eigenvalue weighted by Gasteiger charge is 2.48. The fourth-order valence-electron chi connectivity index (χ4n) is 4.17. The number of urea groups is 1. The molecule has 0 saturated carbocycles. The molecule has 4 heterocycles. The van der Waals surface area contributed by atoms with E-state index in [1.165, 1.54) is 4.90 Å². The normalized spacial score (nSPS) is 26.2. The van der Waals surface area contributed by atoms with Crippen LogP contribution in [0.5, 0.6) is 0 Å². The second-order valence-electron chi connectivity index (χ2n) is 7.46. The number of fused-ring (bicyclic) bond motifs is 2. The standard InChI is InChI=1S/C16H25N5O6S/c22-16-20-10-12(21(16)27-28(23,24)25)1-2-15(20)14-9-13(26-19-14)5-8-18-11-3-6-17-7-4-11/h9,11-12,15,17-18H,1-8,10H2,(H,23,24,25). The Morgan fingerprint density at radius 3 is 2.86 bits per heavy atom. The summed E-state index contributed by atoms with van der Waals surface area (Å²) in [7, 11) is -4.74. The average Bonchev–Trinajstić information content (AvgIpc) is 3.22. The number of amides is 2. The molecule has 12 heteroatoms. The van der Waals surface area contributed by atoms with Crippen molar-refractivity contribution in [1.82, 2.24) is 25.8 Å². The third kappa shape index (κ3) is 4.30. The molecule has 0 aliphatic carbocycles. The van der Waals surface area contributed by atoms with Gasteiger partial charge < -0.3 is 20.1 Å². The van der Waals surface area contributed by atoms with Gasteiger partial charge in [0.2, 0.25) is 0 Å². The Morgan fingerprint density at radius 2 is 2.11 bits per heavy atom. The Hall–Kier alpha value is -1.73. The van der Waals surface area contributed by atoms with Crippen molar-refractivity contribution in [2.45, 2.75) is 50.2 Å². The average molecular weight is 415 g/mol. The van der Waals surface area contributed by atoms with E-state index in [0.717, 1.165) is 43.3 Å². The third-order valence-corrected chi connectivity index (χ3v) is 5.91. The summed E-state index contributed by atoms with van der Waals surface area (Å²) in [5.74, 6) is 0.747. The van der Waals surface area contributed by atoms with E-state index in [1.54, 1.807) is 0 Å². The van der Waals surface area contributed by atoms with E-state index in [0.29, 0.717) is 37.5 Å². The zero-order valence-electron chi connectivity index (χ0n) is 15.4. The molecule has 11 nitrogen and oxygen atoms in total. The number of nitrogens with one attached hydrogen (secondary N) is 2. The Balaban J connectivity index is 1.34. The summed E-state index contributed by atoms with van der Waals surface area (Å²) in [5, 5.41) is 11.7. The number of carbonyl (C=O) groups excluding carboxylic acids is 1. The molecule has 1 aromatic rings. The van der Waals surface area contributed by atoms with Crippen LogP contribution in [0, 0.1) is 0 Å². The quantitative estimate of drug-likeness (QED) is 0.535. The molecule has 0 aromatic carbocycles. The molecule has 0 radical (unpaired) electrons. The number of carbonyl (C=O) groups is 1. The number of piperidine rings is 2. The number of hydroxylamine groups is 2. The molecule has 3 fully saturated rings. The summed E-state index contributed by atoms with van der Waals surface area (Å²) in [5.41, 5.74) is 0.650. The summed E-state index contributed by atoms with van der Waals surface area (Å²) < 4.78 is 40.7. The number of hydrogen-bond acceptors (Lipinski definition) is 8. The van der Waals surface area contributed by atoms with Gasteiger partial charge in [-0.25, -0.2) is 4.79 Å². The maximum Gasteiger partial charge on any atom is 0.418 e. The number of hydrogen-bond donors (Lipinski definition) is 3. The molecule has 2 bridgehead atoms. The molecule has 3 saturated heterocycles. The van der Waals surface area contributed by atoms with Gasteiger partial charge in [0, 0.05) is 31.6 Å². The molecular weight excluding hydrogens is 390 g/mol. The topological polar surface area (TPSA) is 137 Å². The van der Waals surface area contributed by atoms with Gasteiger partial charge in [-0.2, -0.15) is 13.5 Å². The van der Waals surface area contributed by atoms with Crippen LogP contribution in [0.2, 0.25) is 0 Å². The van der Waals surface area contributed by atoms with Crippen LogP contribution in [-0.4, -0.2) is 72.4 Å². The van der Waals surface area contributed by atoms with Gasteiger partial charge in [0.1, 0.15) is 11.5 Å². The number of rotatable bonds is 7. The molecule has 4 rings (SSSR count). The van der Waals surface area contributed by atoms with Crippen molar-refractivity contribution >= 4 is 16.4 Å². The minimum absolute atomic E-state index is 0.298. The molecule has 3 aliphatic rings. The molecule has 3 N–H and O–H groups in total. The van der Waals surface area contributed by atoms with Crippen LogP contribution in [0.1, 0.15) is 43.2 Å².